The Bertz CT molecular complexity index is 3580. The lowest BCUT2D eigenvalue weighted by atomic mass is 9.78. The van der Waals surface area contributed by atoms with E-state index < -0.39 is 0 Å². The molecule has 3 heterocycles. The van der Waals surface area contributed by atoms with Crippen molar-refractivity contribution in [3.63, 3.8) is 0 Å². The van der Waals surface area contributed by atoms with Crippen molar-refractivity contribution < 1.29 is 0 Å². The Labute approximate surface area is 347 Å². The van der Waals surface area contributed by atoms with Crippen molar-refractivity contribution in [2.24, 2.45) is 4.99 Å². The number of fused-ring (bicyclic) bond motifs is 12. The van der Waals surface area contributed by atoms with Crippen LogP contribution in [-0.4, -0.2) is 15.0 Å². The van der Waals surface area contributed by atoms with Gasteiger partial charge < -0.3 is 4.57 Å². The van der Waals surface area contributed by atoms with Crippen molar-refractivity contribution in [1.82, 2.24) is 9.13 Å². The highest BCUT2D eigenvalue weighted by atomic mass is 15.1. The van der Waals surface area contributed by atoms with Crippen LogP contribution >= 0.6 is 0 Å². The van der Waals surface area contributed by atoms with Gasteiger partial charge in [0.15, 0.2) is 0 Å². The predicted molar refractivity (Wildman–Crippen MR) is 250 cm³/mol. The van der Waals surface area contributed by atoms with E-state index in [1.165, 1.54) is 82.3 Å². The SMILES string of the molecule is C=C1C(n2c3ccc(-n4c5ccccc5c5ccccc54)cc3c3c4ccccc4ccc32)=Nc2ccccc2C1c1cccc2c1-c1ccccc1C2c1ccccc1. The first-order valence-corrected chi connectivity index (χ1v) is 20.8. The summed E-state index contributed by atoms with van der Waals surface area (Å²) in [4.78, 5) is 5.55. The summed E-state index contributed by atoms with van der Waals surface area (Å²) >= 11 is 0. The molecule has 0 radical (unpaired) electrons. The van der Waals surface area contributed by atoms with Crippen LogP contribution < -0.4 is 0 Å². The zero-order valence-corrected chi connectivity index (χ0v) is 32.8. The Morgan fingerprint density at radius 1 is 0.417 bits per heavy atom. The average molecular weight is 764 g/mol. The lowest BCUT2D eigenvalue weighted by Crippen LogP contribution is -2.23. The second kappa shape index (κ2) is 12.6. The van der Waals surface area contributed by atoms with E-state index in [2.05, 4.69) is 209 Å². The minimum Gasteiger partial charge on any atom is -0.309 e. The number of para-hydroxylation sites is 3. The molecular weight excluding hydrogens is 727 g/mol. The zero-order valence-electron chi connectivity index (χ0n) is 32.8. The molecule has 1 aliphatic heterocycles. The van der Waals surface area contributed by atoms with Crippen LogP contribution in [0.25, 0.3) is 71.2 Å². The largest absolute Gasteiger partial charge is 0.309 e. The van der Waals surface area contributed by atoms with Crippen LogP contribution in [0.3, 0.4) is 0 Å². The number of aliphatic imine (C=N–C) groups is 1. The van der Waals surface area contributed by atoms with Gasteiger partial charge in [0, 0.05) is 44.6 Å². The predicted octanol–water partition coefficient (Wildman–Crippen LogP) is 14.5. The number of hydrogen-bond donors (Lipinski definition) is 0. The fourth-order valence-corrected chi connectivity index (χ4v) is 10.8. The van der Waals surface area contributed by atoms with Crippen LogP contribution in [-0.2, 0) is 0 Å². The van der Waals surface area contributed by atoms with E-state index in [-0.39, 0.29) is 11.8 Å². The molecule has 0 spiro atoms. The maximum absolute atomic E-state index is 5.55. The van der Waals surface area contributed by atoms with Crippen molar-refractivity contribution in [1.29, 1.82) is 0 Å². The summed E-state index contributed by atoms with van der Waals surface area (Å²) in [7, 11) is 0. The van der Waals surface area contributed by atoms with Gasteiger partial charge in [0.25, 0.3) is 0 Å². The van der Waals surface area contributed by atoms with Crippen LogP contribution in [0.15, 0.2) is 217 Å². The van der Waals surface area contributed by atoms with Crippen LogP contribution in [0.2, 0.25) is 0 Å². The lowest BCUT2D eigenvalue weighted by Gasteiger charge is -2.30. The number of hydrogen-bond acceptors (Lipinski definition) is 1. The monoisotopic (exact) mass is 763 g/mol. The van der Waals surface area contributed by atoms with E-state index in [9.17, 15) is 0 Å². The fourth-order valence-electron chi connectivity index (χ4n) is 10.8. The summed E-state index contributed by atoms with van der Waals surface area (Å²) < 4.78 is 4.81. The summed E-state index contributed by atoms with van der Waals surface area (Å²) in [6, 6.07) is 73.2. The Morgan fingerprint density at radius 3 is 1.82 bits per heavy atom. The second-order valence-corrected chi connectivity index (χ2v) is 16.3. The molecule has 2 aromatic heterocycles. The molecule has 0 saturated carbocycles. The maximum Gasteiger partial charge on any atom is 0.141 e. The Morgan fingerprint density at radius 2 is 1.02 bits per heavy atom. The summed E-state index contributed by atoms with van der Waals surface area (Å²) in [5.41, 5.74) is 16.8. The van der Waals surface area contributed by atoms with Gasteiger partial charge in [-0.2, -0.15) is 0 Å². The third-order valence-corrected chi connectivity index (χ3v) is 13.2. The molecule has 13 rings (SSSR count). The molecule has 3 heteroatoms. The van der Waals surface area contributed by atoms with Crippen molar-refractivity contribution in [3.05, 3.63) is 240 Å². The molecule has 0 amide bonds. The summed E-state index contributed by atoms with van der Waals surface area (Å²) in [6.07, 6.45) is 0. The lowest BCUT2D eigenvalue weighted by molar-refractivity contribution is 0.954. The van der Waals surface area contributed by atoms with Gasteiger partial charge >= 0.3 is 0 Å². The highest BCUT2D eigenvalue weighted by molar-refractivity contribution is 6.26. The molecule has 9 aromatic carbocycles. The van der Waals surface area contributed by atoms with Crippen molar-refractivity contribution in [3.8, 4) is 16.8 Å². The molecule has 1 aliphatic carbocycles. The van der Waals surface area contributed by atoms with Crippen molar-refractivity contribution >= 4 is 65.9 Å². The average Bonchev–Trinajstić information content (AvgIpc) is 3.95. The Balaban J connectivity index is 1.06. The summed E-state index contributed by atoms with van der Waals surface area (Å²) in [5, 5.41) is 7.35. The molecule has 0 fully saturated rings. The molecule has 0 bridgehead atoms. The number of nitrogens with zero attached hydrogens (tertiary/aromatic N) is 3. The van der Waals surface area contributed by atoms with Crippen LogP contribution in [0.5, 0.6) is 0 Å². The number of allylic oxidation sites excluding steroid dienone is 1. The normalized spacial score (nSPS) is 15.8. The standard InChI is InChI=1S/C57H37N3/c1-35-53(45-25-15-26-46-54(37-17-3-2-4-18-37)42-22-7-8-23-43(42)55(45)46)44-24-9-12-27-48(44)58-57(35)60-51-33-31-38(34-47(51)56-39-19-6-5-16-36(39)30-32-52(56)60)59-49-28-13-10-20-40(49)41-21-11-14-29-50(41)59/h2-34,53-54H,1H2. The van der Waals surface area contributed by atoms with Crippen LogP contribution in [0, 0.1) is 0 Å². The molecule has 3 nitrogen and oxygen atoms in total. The third kappa shape index (κ3) is 4.57. The van der Waals surface area contributed by atoms with Crippen molar-refractivity contribution in [2.45, 2.75) is 11.8 Å². The van der Waals surface area contributed by atoms with Crippen LogP contribution in [0.4, 0.5) is 5.69 Å². The first kappa shape index (κ1) is 33.2. The van der Waals surface area contributed by atoms with Crippen molar-refractivity contribution in [2.75, 3.05) is 0 Å². The summed E-state index contributed by atoms with van der Waals surface area (Å²) in [5.74, 6) is 0.921. The van der Waals surface area contributed by atoms with Gasteiger partial charge in [0.1, 0.15) is 5.84 Å². The molecule has 2 atom stereocenters. The van der Waals surface area contributed by atoms with E-state index in [4.69, 9.17) is 11.6 Å². The smallest absolute Gasteiger partial charge is 0.141 e. The highest BCUT2D eigenvalue weighted by Crippen LogP contribution is 2.54. The van der Waals surface area contributed by atoms with Gasteiger partial charge in [-0.05, 0) is 92.2 Å². The number of aromatic nitrogens is 2. The second-order valence-electron chi connectivity index (χ2n) is 16.3. The molecule has 280 valence electrons. The number of rotatable bonds is 3. The molecular formula is C57H37N3. The van der Waals surface area contributed by atoms with E-state index in [0.717, 1.165) is 33.8 Å². The molecule has 11 aromatic rings. The summed E-state index contributed by atoms with van der Waals surface area (Å²) in [6.45, 7) is 5.01. The van der Waals surface area contributed by atoms with Gasteiger partial charge in [-0.1, -0.05) is 164 Å². The van der Waals surface area contributed by atoms with E-state index in [1.807, 2.05) is 0 Å². The maximum atomic E-state index is 5.55. The molecule has 60 heavy (non-hydrogen) atoms. The molecule has 2 unspecified atom stereocenters. The highest BCUT2D eigenvalue weighted by Gasteiger charge is 2.37. The Hall–Kier alpha value is -7.75. The third-order valence-electron chi connectivity index (χ3n) is 13.2. The topological polar surface area (TPSA) is 22.2 Å². The van der Waals surface area contributed by atoms with E-state index in [0.29, 0.717) is 0 Å². The first-order chi connectivity index (χ1) is 29.7. The van der Waals surface area contributed by atoms with Crippen LogP contribution in [0.1, 0.15) is 39.7 Å². The minimum atomic E-state index is -0.115. The van der Waals surface area contributed by atoms with E-state index >= 15 is 0 Å². The zero-order chi connectivity index (χ0) is 39.5. The van der Waals surface area contributed by atoms with E-state index in [1.54, 1.807) is 0 Å². The van der Waals surface area contributed by atoms with Gasteiger partial charge in [0.2, 0.25) is 0 Å². The molecule has 0 N–H and O–H groups in total. The molecule has 2 aliphatic rings. The molecule has 0 saturated heterocycles. The minimum absolute atomic E-state index is 0.115. The van der Waals surface area contributed by atoms with Gasteiger partial charge in [-0.25, -0.2) is 4.99 Å². The van der Waals surface area contributed by atoms with Gasteiger partial charge in [-0.3, -0.25) is 4.57 Å². The number of benzene rings is 9. The quantitative estimate of drug-likeness (QED) is 0.171. The van der Waals surface area contributed by atoms with Gasteiger partial charge in [-0.15, -0.1) is 0 Å². The van der Waals surface area contributed by atoms with Gasteiger partial charge in [0.05, 0.1) is 27.8 Å². The fraction of sp³-hybridized carbons (Fsp3) is 0.0351. The Kier molecular flexibility index (Phi) is 6.99. The first-order valence-electron chi connectivity index (χ1n) is 20.8.